The molecule has 0 bridgehead atoms. The predicted octanol–water partition coefficient (Wildman–Crippen LogP) is 12.6. The van der Waals surface area contributed by atoms with Gasteiger partial charge in [-0.2, -0.15) is 0 Å². The zero-order chi connectivity index (χ0) is 45.5. The van der Waals surface area contributed by atoms with Crippen LogP contribution in [0.4, 0.5) is 0 Å². The average Bonchev–Trinajstić information content (AvgIpc) is 3.90. The third-order valence-electron chi connectivity index (χ3n) is 9.08. The summed E-state index contributed by atoms with van der Waals surface area (Å²) in [4.78, 5) is 14.2. The number of hydrogen-bond donors (Lipinski definition) is 0. The van der Waals surface area contributed by atoms with E-state index in [9.17, 15) is 6.85 Å². The molecule has 0 atom stereocenters. The third-order valence-corrected chi connectivity index (χ3v) is 9.08. The Morgan fingerprint density at radius 2 is 1.15 bits per heavy atom. The zero-order valence-corrected chi connectivity index (χ0v) is 26.7. The molecule has 0 spiro atoms. The van der Waals surface area contributed by atoms with Crippen LogP contribution < -0.4 is 0 Å². The van der Waals surface area contributed by atoms with Crippen molar-refractivity contribution in [3.05, 3.63) is 163 Å². The molecule has 0 saturated carbocycles. The lowest BCUT2D eigenvalue weighted by Crippen LogP contribution is -2.00. The van der Waals surface area contributed by atoms with Crippen molar-refractivity contribution in [2.75, 3.05) is 0 Å². The van der Waals surface area contributed by atoms with Crippen LogP contribution in [-0.4, -0.2) is 15.0 Å². The number of para-hydroxylation sites is 1. The van der Waals surface area contributed by atoms with Crippen molar-refractivity contribution in [3.63, 3.8) is 0 Å². The van der Waals surface area contributed by atoms with Crippen molar-refractivity contribution in [1.29, 1.82) is 0 Å². The Hall–Kier alpha value is -7.11. The number of rotatable bonds is 4. The second-order valence-corrected chi connectivity index (χ2v) is 12.2. The van der Waals surface area contributed by atoms with Gasteiger partial charge in [-0.1, -0.05) is 121 Å². The predicted molar refractivity (Wildman–Crippen MR) is 211 cm³/mol. The quantitative estimate of drug-likeness (QED) is 0.185. The summed E-state index contributed by atoms with van der Waals surface area (Å²) >= 11 is 0. The molecule has 0 fully saturated rings. The maximum atomic E-state index is 9.81. The van der Waals surface area contributed by atoms with Crippen LogP contribution in [0.1, 0.15) is 17.8 Å². The summed E-state index contributed by atoms with van der Waals surface area (Å²) in [6.07, 6.45) is 0. The topological polar surface area (TPSA) is 65.0 Å². The SMILES string of the molecule is [2H]c1c(-c2cccc3oc4ccccc4c23)c([2H])c2c(oc3c([2H])c([2H])c([2H])c(-c4nc(-c5ccc6ccccc6c5)nc(-c5c([2H])c([2H])c6c([2H])c([2H])c([2H])c([2H])c6c5[2H])n4)c32)c1[2H]. The molecule has 11 rings (SSSR count). The lowest BCUT2D eigenvalue weighted by atomic mass is 9.97. The summed E-state index contributed by atoms with van der Waals surface area (Å²) in [5.74, 6) is -0.745. The summed E-state index contributed by atoms with van der Waals surface area (Å²) in [5, 5.41) is 2.18. The zero-order valence-electron chi connectivity index (χ0n) is 39.7. The minimum absolute atomic E-state index is 0.0379. The first-order valence-electron chi connectivity index (χ1n) is 22.8. The molecule has 0 saturated heterocycles. The van der Waals surface area contributed by atoms with Crippen LogP contribution in [0.25, 0.3) is 111 Å². The molecule has 0 radical (unpaired) electrons. The molecule has 52 heavy (non-hydrogen) atoms. The highest BCUT2D eigenvalue weighted by atomic mass is 16.3. The van der Waals surface area contributed by atoms with Crippen LogP contribution in [0.3, 0.4) is 0 Å². The summed E-state index contributed by atoms with van der Waals surface area (Å²) in [6, 6.07) is 18.3. The average molecular weight is 679 g/mol. The van der Waals surface area contributed by atoms with Gasteiger partial charge in [0.05, 0.1) is 17.8 Å². The van der Waals surface area contributed by atoms with Gasteiger partial charge in [-0.25, -0.2) is 15.0 Å². The molecule has 0 aliphatic heterocycles. The van der Waals surface area contributed by atoms with Gasteiger partial charge in [0.25, 0.3) is 0 Å². The second kappa shape index (κ2) is 11.2. The first kappa shape index (κ1) is 18.8. The van der Waals surface area contributed by atoms with Crippen LogP contribution in [-0.2, 0) is 0 Å². The van der Waals surface area contributed by atoms with Crippen LogP contribution >= 0.6 is 0 Å². The van der Waals surface area contributed by atoms with Gasteiger partial charge in [0, 0.05) is 38.2 Å². The van der Waals surface area contributed by atoms with E-state index in [1.165, 1.54) is 0 Å². The van der Waals surface area contributed by atoms with Crippen molar-refractivity contribution < 1.29 is 26.7 Å². The minimum atomic E-state index is -0.647. The molecule has 0 unspecified atom stereocenters. The number of hydrogen-bond acceptors (Lipinski definition) is 5. The Balaban J connectivity index is 1.28. The minimum Gasteiger partial charge on any atom is -0.456 e. The molecule has 11 aromatic rings. The fraction of sp³-hybridized carbons (Fsp3) is 0. The molecule has 0 aliphatic rings. The molecule has 3 aromatic heterocycles. The van der Waals surface area contributed by atoms with E-state index in [2.05, 4.69) is 0 Å². The van der Waals surface area contributed by atoms with Gasteiger partial charge in [-0.05, 0) is 75.0 Å². The molecule has 0 N–H and O–H groups in total. The number of benzene rings is 8. The molecule has 0 amide bonds. The fourth-order valence-electron chi connectivity index (χ4n) is 6.69. The Morgan fingerprint density at radius 1 is 0.404 bits per heavy atom. The van der Waals surface area contributed by atoms with Crippen molar-refractivity contribution in [2.45, 2.75) is 0 Å². The fourth-order valence-corrected chi connectivity index (χ4v) is 6.69. The van der Waals surface area contributed by atoms with Crippen LogP contribution in [0.2, 0.25) is 0 Å². The smallest absolute Gasteiger partial charge is 0.164 e. The van der Waals surface area contributed by atoms with Gasteiger partial charge in [0.2, 0.25) is 0 Å². The van der Waals surface area contributed by atoms with E-state index in [0.29, 0.717) is 33.1 Å². The van der Waals surface area contributed by atoms with Gasteiger partial charge >= 0.3 is 0 Å². The Morgan fingerprint density at radius 3 is 2.10 bits per heavy atom. The molecule has 0 aliphatic carbocycles. The van der Waals surface area contributed by atoms with Crippen LogP contribution in [0.15, 0.2) is 172 Å². The number of fused-ring (bicyclic) bond motifs is 8. The highest BCUT2D eigenvalue weighted by Gasteiger charge is 2.20. The van der Waals surface area contributed by atoms with E-state index >= 15 is 0 Å². The Kier molecular flexibility index (Phi) is 4.04. The summed E-state index contributed by atoms with van der Waals surface area (Å²) in [6.45, 7) is 0. The highest BCUT2D eigenvalue weighted by molar-refractivity contribution is 6.16. The van der Waals surface area contributed by atoms with Gasteiger partial charge in [0.1, 0.15) is 22.3 Å². The van der Waals surface area contributed by atoms with E-state index in [1.807, 2.05) is 48.5 Å². The highest BCUT2D eigenvalue weighted by Crippen LogP contribution is 2.41. The first-order chi connectivity index (χ1) is 31.2. The molecule has 8 aromatic carbocycles. The van der Waals surface area contributed by atoms with Crippen molar-refractivity contribution >= 4 is 65.4 Å². The maximum Gasteiger partial charge on any atom is 0.164 e. The van der Waals surface area contributed by atoms with Gasteiger partial charge < -0.3 is 8.83 Å². The van der Waals surface area contributed by atoms with Crippen LogP contribution in [0.5, 0.6) is 0 Å². The van der Waals surface area contributed by atoms with Crippen molar-refractivity contribution in [3.8, 4) is 45.3 Å². The third kappa shape index (κ3) is 4.53. The molecular weight excluding hydrogens is 639 g/mol. The lowest BCUT2D eigenvalue weighted by molar-refractivity contribution is 0.669. The van der Waals surface area contributed by atoms with Gasteiger partial charge in [0.15, 0.2) is 17.5 Å². The van der Waals surface area contributed by atoms with E-state index in [1.54, 1.807) is 36.4 Å². The lowest BCUT2D eigenvalue weighted by Gasteiger charge is -2.10. The van der Waals surface area contributed by atoms with E-state index in [0.717, 1.165) is 10.8 Å². The molecule has 5 heteroatoms. The molecule has 242 valence electrons. The maximum absolute atomic E-state index is 9.81. The van der Waals surface area contributed by atoms with Crippen molar-refractivity contribution in [1.82, 2.24) is 15.0 Å². The molecule has 3 heterocycles. The number of nitrogens with zero attached hydrogens (tertiary/aromatic N) is 3. The monoisotopic (exact) mass is 678 g/mol. The largest absolute Gasteiger partial charge is 0.456 e. The van der Waals surface area contributed by atoms with Crippen molar-refractivity contribution in [2.24, 2.45) is 0 Å². The van der Waals surface area contributed by atoms with Gasteiger partial charge in [-0.3, -0.25) is 0 Å². The van der Waals surface area contributed by atoms with Gasteiger partial charge in [-0.15, -0.1) is 0 Å². The Bertz CT molecular complexity index is 3960. The number of aromatic nitrogens is 3. The summed E-state index contributed by atoms with van der Waals surface area (Å²) in [5.41, 5.74) is 0.781. The van der Waals surface area contributed by atoms with Crippen LogP contribution in [0, 0.1) is 0 Å². The molecule has 5 nitrogen and oxygen atoms in total. The van der Waals surface area contributed by atoms with E-state index in [4.69, 9.17) is 34.8 Å². The standard InChI is InChI=1S/C47H27N3O2/c1-3-11-30-25-33(21-19-28(30)9-1)45-48-46(34-22-20-29-10-2-4-12-31(29)26-34)50-47(49-45)37-15-8-18-42-44(37)38-27-32(23-24-40(38)52-42)35-14-7-17-41-43(35)36-13-5-6-16-39(36)51-41/h1-27H/i1D,3D,8D,9D,11D,15D,18D,19D,21D,23D,24D,25D,27D. The summed E-state index contributed by atoms with van der Waals surface area (Å²) in [7, 11) is 0. The Labute approximate surface area is 315 Å². The molecular formula is C47H27N3O2. The normalized spacial score (nSPS) is 15.3. The summed E-state index contributed by atoms with van der Waals surface area (Å²) < 4.78 is 129. The number of furan rings is 2. The first-order valence-corrected chi connectivity index (χ1v) is 16.3. The van der Waals surface area contributed by atoms with E-state index < -0.39 is 66.5 Å². The van der Waals surface area contributed by atoms with E-state index in [-0.39, 0.29) is 79.0 Å². The second-order valence-electron chi connectivity index (χ2n) is 12.2.